The Balaban J connectivity index is 1.53. The first-order chi connectivity index (χ1) is 9.13. The molecule has 2 saturated carbocycles. The number of carbonyl (C=O) groups excluding carboxylic acids is 3. The van der Waals surface area contributed by atoms with Gasteiger partial charge in [0.15, 0.2) is 0 Å². The molecule has 0 aromatic carbocycles. The van der Waals surface area contributed by atoms with E-state index < -0.39 is 5.97 Å². The van der Waals surface area contributed by atoms with E-state index in [0.29, 0.717) is 0 Å². The standard InChI is InChI=1S/C13H15NO5/c1-18-7(15)2-3-14-12(16)8-5-4-6(9(8)13(14)17)11-10(5)19-11/h5-6,8-11H,2-4H2,1H3. The predicted octanol–water partition coefficient (Wildman–Crippen LogP) is -0.432. The number of fused-ring (bicyclic) bond motifs is 8. The maximum absolute atomic E-state index is 12.3. The number of hydrogen-bond donors (Lipinski definition) is 0. The highest BCUT2D eigenvalue weighted by Crippen LogP contribution is 2.63. The van der Waals surface area contributed by atoms with Gasteiger partial charge in [0.05, 0.1) is 37.6 Å². The first-order valence-corrected chi connectivity index (χ1v) is 6.71. The average Bonchev–Trinajstić information content (AvgIpc) is 2.93. The van der Waals surface area contributed by atoms with Crippen LogP contribution in [0.5, 0.6) is 0 Å². The van der Waals surface area contributed by atoms with Crippen LogP contribution in [0.15, 0.2) is 0 Å². The molecule has 0 spiro atoms. The third-order valence-electron chi connectivity index (χ3n) is 5.13. The molecule has 0 N–H and O–H groups in total. The Morgan fingerprint density at radius 1 is 1.26 bits per heavy atom. The van der Waals surface area contributed by atoms with Crippen molar-refractivity contribution in [2.24, 2.45) is 23.7 Å². The zero-order valence-corrected chi connectivity index (χ0v) is 10.6. The van der Waals surface area contributed by atoms with Crippen molar-refractivity contribution in [3.8, 4) is 0 Å². The van der Waals surface area contributed by atoms with Crippen LogP contribution in [0, 0.1) is 23.7 Å². The Labute approximate surface area is 110 Å². The highest BCUT2D eigenvalue weighted by molar-refractivity contribution is 6.06. The largest absolute Gasteiger partial charge is 0.469 e. The second-order valence-corrected chi connectivity index (χ2v) is 5.83. The number of nitrogens with zero attached hydrogens (tertiary/aromatic N) is 1. The van der Waals surface area contributed by atoms with Crippen LogP contribution in [0.2, 0.25) is 0 Å². The lowest BCUT2D eigenvalue weighted by atomic mass is 9.81. The number of carbonyl (C=O) groups is 3. The molecule has 6 nitrogen and oxygen atoms in total. The molecular weight excluding hydrogens is 250 g/mol. The van der Waals surface area contributed by atoms with Crippen LogP contribution in [0.3, 0.4) is 0 Å². The third kappa shape index (κ3) is 1.32. The zero-order valence-electron chi connectivity index (χ0n) is 10.6. The molecule has 4 aliphatic rings. The minimum absolute atomic E-state index is 0.0755. The Morgan fingerprint density at radius 3 is 2.37 bits per heavy atom. The van der Waals surface area contributed by atoms with Crippen LogP contribution in [0.1, 0.15) is 12.8 Å². The van der Waals surface area contributed by atoms with E-state index in [1.807, 2.05) is 0 Å². The molecule has 6 heteroatoms. The van der Waals surface area contributed by atoms with Gasteiger partial charge in [-0.3, -0.25) is 19.3 Å². The van der Waals surface area contributed by atoms with Gasteiger partial charge in [-0.2, -0.15) is 0 Å². The number of amides is 2. The van der Waals surface area contributed by atoms with Crippen LogP contribution in [-0.4, -0.2) is 48.5 Å². The summed E-state index contributed by atoms with van der Waals surface area (Å²) in [6, 6.07) is 0. The van der Waals surface area contributed by atoms with Crippen molar-refractivity contribution in [1.29, 1.82) is 0 Å². The summed E-state index contributed by atoms with van der Waals surface area (Å²) in [5.74, 6) is -0.565. The minimum atomic E-state index is -0.396. The maximum atomic E-state index is 12.3. The van der Waals surface area contributed by atoms with Gasteiger partial charge in [-0.05, 0) is 6.42 Å². The molecule has 102 valence electrons. The molecule has 0 aromatic rings. The molecule has 4 fully saturated rings. The summed E-state index contributed by atoms with van der Waals surface area (Å²) < 4.78 is 10.1. The molecule has 2 bridgehead atoms. The number of methoxy groups -OCH3 is 1. The van der Waals surface area contributed by atoms with Gasteiger partial charge in [-0.25, -0.2) is 0 Å². The van der Waals surface area contributed by atoms with Crippen molar-refractivity contribution in [1.82, 2.24) is 4.90 Å². The van der Waals surface area contributed by atoms with Crippen LogP contribution in [-0.2, 0) is 23.9 Å². The summed E-state index contributed by atoms with van der Waals surface area (Å²) in [7, 11) is 1.30. The number of epoxide rings is 1. The van der Waals surface area contributed by atoms with E-state index in [2.05, 4.69) is 4.74 Å². The van der Waals surface area contributed by atoms with Gasteiger partial charge in [0.1, 0.15) is 0 Å². The van der Waals surface area contributed by atoms with Crippen molar-refractivity contribution in [2.75, 3.05) is 13.7 Å². The second kappa shape index (κ2) is 3.56. The lowest BCUT2D eigenvalue weighted by molar-refractivity contribution is -0.144. The molecule has 2 amide bonds. The number of likely N-dealkylation sites (tertiary alicyclic amines) is 1. The van der Waals surface area contributed by atoms with Gasteiger partial charge in [0.25, 0.3) is 0 Å². The molecular formula is C13H15NO5. The molecule has 6 unspecified atom stereocenters. The molecule has 19 heavy (non-hydrogen) atoms. The van der Waals surface area contributed by atoms with Crippen molar-refractivity contribution in [2.45, 2.75) is 25.0 Å². The first-order valence-electron chi connectivity index (χ1n) is 6.71. The number of ether oxygens (including phenoxy) is 2. The van der Waals surface area contributed by atoms with E-state index in [4.69, 9.17) is 4.74 Å². The van der Waals surface area contributed by atoms with Crippen LogP contribution in [0.25, 0.3) is 0 Å². The van der Waals surface area contributed by atoms with Gasteiger partial charge in [-0.1, -0.05) is 0 Å². The normalized spacial score (nSPS) is 45.4. The molecule has 4 rings (SSSR count). The summed E-state index contributed by atoms with van der Waals surface area (Å²) in [6.45, 7) is 0.146. The monoisotopic (exact) mass is 265 g/mol. The van der Waals surface area contributed by atoms with Crippen molar-refractivity contribution in [3.63, 3.8) is 0 Å². The fraction of sp³-hybridized carbons (Fsp3) is 0.769. The summed E-state index contributed by atoms with van der Waals surface area (Å²) in [6.07, 6.45) is 1.45. The lowest BCUT2D eigenvalue weighted by Crippen LogP contribution is -2.35. The Bertz CT molecular complexity index is 457. The fourth-order valence-electron chi connectivity index (χ4n) is 4.31. The Morgan fingerprint density at radius 2 is 1.84 bits per heavy atom. The molecule has 2 heterocycles. The third-order valence-corrected chi connectivity index (χ3v) is 5.13. The molecule has 6 atom stereocenters. The van der Waals surface area contributed by atoms with E-state index in [0.717, 1.165) is 6.42 Å². The van der Waals surface area contributed by atoms with Gasteiger partial charge < -0.3 is 9.47 Å². The van der Waals surface area contributed by atoms with E-state index in [9.17, 15) is 14.4 Å². The van der Waals surface area contributed by atoms with Gasteiger partial charge >= 0.3 is 5.97 Å². The highest BCUT2D eigenvalue weighted by atomic mass is 16.6. The molecule has 2 aliphatic carbocycles. The van der Waals surface area contributed by atoms with E-state index in [-0.39, 0.29) is 60.7 Å². The maximum Gasteiger partial charge on any atom is 0.307 e. The Hall–Kier alpha value is -1.43. The molecule has 2 aliphatic heterocycles. The van der Waals surface area contributed by atoms with Crippen LogP contribution in [0.4, 0.5) is 0 Å². The molecule has 2 saturated heterocycles. The van der Waals surface area contributed by atoms with Gasteiger partial charge in [0, 0.05) is 18.4 Å². The SMILES string of the molecule is COC(=O)CCN1C(=O)C2C3CC(C4OC34)C2C1=O. The number of imide groups is 1. The van der Waals surface area contributed by atoms with Gasteiger partial charge in [-0.15, -0.1) is 0 Å². The first kappa shape index (κ1) is 11.4. The van der Waals surface area contributed by atoms with E-state index in [1.54, 1.807) is 0 Å². The summed E-state index contributed by atoms with van der Waals surface area (Å²) >= 11 is 0. The minimum Gasteiger partial charge on any atom is -0.469 e. The van der Waals surface area contributed by atoms with Crippen LogP contribution < -0.4 is 0 Å². The summed E-state index contributed by atoms with van der Waals surface area (Å²) in [5.41, 5.74) is 0. The van der Waals surface area contributed by atoms with E-state index in [1.165, 1.54) is 12.0 Å². The average molecular weight is 265 g/mol. The van der Waals surface area contributed by atoms with Crippen molar-refractivity contribution < 1.29 is 23.9 Å². The summed E-state index contributed by atoms with van der Waals surface area (Å²) in [5, 5.41) is 0. The zero-order chi connectivity index (χ0) is 13.3. The fourth-order valence-corrected chi connectivity index (χ4v) is 4.31. The van der Waals surface area contributed by atoms with Crippen molar-refractivity contribution in [3.05, 3.63) is 0 Å². The molecule has 0 aromatic heterocycles. The van der Waals surface area contributed by atoms with Crippen molar-refractivity contribution >= 4 is 17.8 Å². The van der Waals surface area contributed by atoms with Gasteiger partial charge in [0.2, 0.25) is 11.8 Å². The second-order valence-electron chi connectivity index (χ2n) is 5.83. The Kier molecular flexibility index (Phi) is 2.14. The number of esters is 1. The smallest absolute Gasteiger partial charge is 0.307 e. The predicted molar refractivity (Wildman–Crippen MR) is 60.6 cm³/mol. The highest BCUT2D eigenvalue weighted by Gasteiger charge is 2.73. The van der Waals surface area contributed by atoms with Crippen LogP contribution >= 0.6 is 0 Å². The van der Waals surface area contributed by atoms with E-state index >= 15 is 0 Å². The lowest BCUT2D eigenvalue weighted by Gasteiger charge is -2.17. The summed E-state index contributed by atoms with van der Waals surface area (Å²) in [4.78, 5) is 37.1. The number of rotatable bonds is 3. The number of hydrogen-bond acceptors (Lipinski definition) is 5. The topological polar surface area (TPSA) is 76.2 Å². The quantitative estimate of drug-likeness (QED) is 0.393. The molecule has 0 radical (unpaired) electrons.